The molecular formula is C21H26N4O. The molecule has 0 spiro atoms. The lowest BCUT2D eigenvalue weighted by atomic mass is 9.88. The third-order valence-electron chi connectivity index (χ3n) is 5.80. The smallest absolute Gasteiger partial charge is 0.227 e. The van der Waals surface area contributed by atoms with Gasteiger partial charge in [-0.2, -0.15) is 0 Å². The van der Waals surface area contributed by atoms with Crippen LogP contribution in [0.2, 0.25) is 0 Å². The van der Waals surface area contributed by atoms with Crippen molar-refractivity contribution in [2.75, 3.05) is 13.1 Å². The van der Waals surface area contributed by atoms with Gasteiger partial charge in [-0.05, 0) is 48.6 Å². The lowest BCUT2D eigenvalue weighted by Gasteiger charge is -2.32. The van der Waals surface area contributed by atoms with Crippen molar-refractivity contribution in [3.05, 3.63) is 65.5 Å². The molecule has 4 rings (SSSR count). The molecule has 0 aliphatic carbocycles. The molecule has 1 aromatic carbocycles. The Morgan fingerprint density at radius 3 is 2.85 bits per heavy atom. The van der Waals surface area contributed by atoms with Gasteiger partial charge < -0.3 is 4.90 Å². The zero-order valence-corrected chi connectivity index (χ0v) is 15.2. The number of aryl methyl sites for hydroxylation is 1. The van der Waals surface area contributed by atoms with Crippen LogP contribution in [0.25, 0.3) is 0 Å². The van der Waals surface area contributed by atoms with Gasteiger partial charge in [0.05, 0.1) is 6.42 Å². The van der Waals surface area contributed by atoms with Gasteiger partial charge in [0.25, 0.3) is 0 Å². The Morgan fingerprint density at radius 1 is 1.23 bits per heavy atom. The van der Waals surface area contributed by atoms with E-state index in [-0.39, 0.29) is 18.0 Å². The molecule has 1 aromatic heterocycles. The summed E-state index contributed by atoms with van der Waals surface area (Å²) in [5, 5.41) is 0. The first-order valence-corrected chi connectivity index (χ1v) is 9.46. The molecule has 2 saturated heterocycles. The molecule has 5 heteroatoms. The molecule has 2 aliphatic heterocycles. The fourth-order valence-electron chi connectivity index (χ4n) is 4.36. The number of nitrogens with one attached hydrogen (secondary N) is 2. The minimum absolute atomic E-state index is 0.236. The van der Waals surface area contributed by atoms with Crippen LogP contribution in [0.1, 0.15) is 35.4 Å². The first kappa shape index (κ1) is 17.2. The van der Waals surface area contributed by atoms with Crippen LogP contribution in [0, 0.1) is 6.92 Å². The number of likely N-dealkylation sites (tertiary alicyclic amines) is 1. The summed E-state index contributed by atoms with van der Waals surface area (Å²) in [5.41, 5.74) is 10.3. The van der Waals surface area contributed by atoms with Gasteiger partial charge in [0, 0.05) is 43.5 Å². The first-order valence-electron chi connectivity index (χ1n) is 9.46. The van der Waals surface area contributed by atoms with Gasteiger partial charge in [0.2, 0.25) is 5.91 Å². The van der Waals surface area contributed by atoms with Crippen LogP contribution in [0.3, 0.4) is 0 Å². The van der Waals surface area contributed by atoms with Crippen molar-refractivity contribution >= 4 is 5.91 Å². The standard InChI is InChI=1S/C21H26N4O/c1-15-5-2-3-6-17(15)13-20(26)25-12-4-7-19(25)21-18(14-23-24-21)16-8-10-22-11-9-16/h2-3,5-6,8-11,18-19,21,23-24H,4,7,12-14H2,1H3. The second-order valence-electron chi connectivity index (χ2n) is 7.34. The fourth-order valence-corrected chi connectivity index (χ4v) is 4.36. The minimum atomic E-state index is 0.236. The second kappa shape index (κ2) is 7.56. The predicted molar refractivity (Wildman–Crippen MR) is 102 cm³/mol. The molecule has 3 heterocycles. The van der Waals surface area contributed by atoms with E-state index in [1.807, 2.05) is 24.5 Å². The first-order chi connectivity index (χ1) is 12.7. The van der Waals surface area contributed by atoms with E-state index in [0.717, 1.165) is 31.5 Å². The predicted octanol–water partition coefficient (Wildman–Crippen LogP) is 2.18. The number of nitrogens with zero attached hydrogens (tertiary/aromatic N) is 2. The van der Waals surface area contributed by atoms with Crippen LogP contribution in [-0.2, 0) is 11.2 Å². The lowest BCUT2D eigenvalue weighted by molar-refractivity contribution is -0.131. The van der Waals surface area contributed by atoms with E-state index in [1.54, 1.807) is 0 Å². The number of carbonyl (C=O) groups is 1. The minimum Gasteiger partial charge on any atom is -0.338 e. The van der Waals surface area contributed by atoms with Gasteiger partial charge in [0.15, 0.2) is 0 Å². The molecule has 5 nitrogen and oxygen atoms in total. The summed E-state index contributed by atoms with van der Waals surface area (Å²) in [6.45, 7) is 3.81. The van der Waals surface area contributed by atoms with Crippen LogP contribution in [0.5, 0.6) is 0 Å². The number of pyridine rings is 1. The molecule has 0 saturated carbocycles. The van der Waals surface area contributed by atoms with Crippen molar-refractivity contribution in [2.24, 2.45) is 0 Å². The molecule has 1 amide bonds. The molecule has 136 valence electrons. The number of benzene rings is 1. The van der Waals surface area contributed by atoms with Crippen LogP contribution in [0.4, 0.5) is 0 Å². The maximum Gasteiger partial charge on any atom is 0.227 e. The Kier molecular flexibility index (Phi) is 5.00. The average molecular weight is 350 g/mol. The molecular weight excluding hydrogens is 324 g/mol. The third-order valence-corrected chi connectivity index (χ3v) is 5.80. The highest BCUT2D eigenvalue weighted by Crippen LogP contribution is 2.31. The normalized spacial score (nSPS) is 25.6. The van der Waals surface area contributed by atoms with Crippen molar-refractivity contribution in [2.45, 2.75) is 44.2 Å². The number of amides is 1. The van der Waals surface area contributed by atoms with Gasteiger partial charge in [-0.25, -0.2) is 0 Å². The largest absolute Gasteiger partial charge is 0.338 e. The second-order valence-corrected chi connectivity index (χ2v) is 7.34. The van der Waals surface area contributed by atoms with E-state index < -0.39 is 0 Å². The summed E-state index contributed by atoms with van der Waals surface area (Å²) in [7, 11) is 0. The number of hydrazine groups is 1. The maximum absolute atomic E-state index is 13.0. The highest BCUT2D eigenvalue weighted by Gasteiger charge is 2.41. The third kappa shape index (κ3) is 3.37. The van der Waals surface area contributed by atoms with E-state index >= 15 is 0 Å². The number of aromatic nitrogens is 1. The van der Waals surface area contributed by atoms with Crippen LogP contribution in [0.15, 0.2) is 48.8 Å². The summed E-state index contributed by atoms with van der Waals surface area (Å²) in [6.07, 6.45) is 6.32. The maximum atomic E-state index is 13.0. The summed E-state index contributed by atoms with van der Waals surface area (Å²) in [6, 6.07) is 12.8. The topological polar surface area (TPSA) is 57.3 Å². The Balaban J connectivity index is 1.51. The van der Waals surface area contributed by atoms with Crippen molar-refractivity contribution in [3.63, 3.8) is 0 Å². The fraction of sp³-hybridized carbons (Fsp3) is 0.429. The zero-order chi connectivity index (χ0) is 17.9. The SMILES string of the molecule is Cc1ccccc1CC(=O)N1CCCC1C1NNCC1c1ccncc1. The summed E-state index contributed by atoms with van der Waals surface area (Å²) >= 11 is 0. The molecule has 26 heavy (non-hydrogen) atoms. The molecule has 0 bridgehead atoms. The number of rotatable bonds is 4. The quantitative estimate of drug-likeness (QED) is 0.887. The molecule has 2 aliphatic rings. The Morgan fingerprint density at radius 2 is 2.04 bits per heavy atom. The Bertz CT molecular complexity index is 764. The van der Waals surface area contributed by atoms with Crippen LogP contribution in [-0.4, -0.2) is 41.0 Å². The highest BCUT2D eigenvalue weighted by atomic mass is 16.2. The monoisotopic (exact) mass is 350 g/mol. The van der Waals surface area contributed by atoms with E-state index in [4.69, 9.17) is 0 Å². The summed E-state index contributed by atoms with van der Waals surface area (Å²) < 4.78 is 0. The average Bonchev–Trinajstić information content (AvgIpc) is 3.33. The van der Waals surface area contributed by atoms with E-state index in [9.17, 15) is 4.79 Å². The van der Waals surface area contributed by atoms with Gasteiger partial charge in [-0.3, -0.25) is 20.6 Å². The van der Waals surface area contributed by atoms with E-state index in [1.165, 1.54) is 11.1 Å². The van der Waals surface area contributed by atoms with Gasteiger partial charge >= 0.3 is 0 Å². The Hall–Kier alpha value is -2.24. The number of carbonyl (C=O) groups excluding carboxylic acids is 1. The molecule has 3 unspecified atom stereocenters. The Labute approximate surface area is 154 Å². The molecule has 3 atom stereocenters. The van der Waals surface area contributed by atoms with Gasteiger partial charge in [-0.1, -0.05) is 24.3 Å². The lowest BCUT2D eigenvalue weighted by Crippen LogP contribution is -2.50. The van der Waals surface area contributed by atoms with Crippen LogP contribution < -0.4 is 10.9 Å². The van der Waals surface area contributed by atoms with Gasteiger partial charge in [0.1, 0.15) is 0 Å². The van der Waals surface area contributed by atoms with Crippen molar-refractivity contribution in [1.82, 2.24) is 20.7 Å². The molecule has 2 aromatic rings. The molecule has 2 fully saturated rings. The van der Waals surface area contributed by atoms with Crippen molar-refractivity contribution in [3.8, 4) is 0 Å². The number of hydrogen-bond donors (Lipinski definition) is 2. The van der Waals surface area contributed by atoms with Crippen LogP contribution >= 0.6 is 0 Å². The summed E-state index contributed by atoms with van der Waals surface area (Å²) in [4.78, 5) is 19.3. The van der Waals surface area contributed by atoms with E-state index in [0.29, 0.717) is 12.3 Å². The van der Waals surface area contributed by atoms with Crippen molar-refractivity contribution in [1.29, 1.82) is 0 Å². The molecule has 2 N–H and O–H groups in total. The number of hydrogen-bond acceptors (Lipinski definition) is 4. The summed E-state index contributed by atoms with van der Waals surface area (Å²) in [5.74, 6) is 0.596. The molecule has 0 radical (unpaired) electrons. The zero-order valence-electron chi connectivity index (χ0n) is 15.2. The van der Waals surface area contributed by atoms with E-state index in [2.05, 4.69) is 51.9 Å². The highest BCUT2D eigenvalue weighted by molar-refractivity contribution is 5.79. The van der Waals surface area contributed by atoms with Crippen molar-refractivity contribution < 1.29 is 4.79 Å². The van der Waals surface area contributed by atoms with Gasteiger partial charge in [-0.15, -0.1) is 0 Å².